The number of hydrogen-bond acceptors (Lipinski definition) is 4. The molecule has 4 heteroatoms. The zero-order valence-corrected chi connectivity index (χ0v) is 10.9. The minimum absolute atomic E-state index is 0.684. The first-order chi connectivity index (χ1) is 7.99. The van der Waals surface area contributed by atoms with Crippen LogP contribution in [0.4, 0.5) is 0 Å². The fraction of sp³-hybridized carbons (Fsp3) is 0.462. The molecule has 0 fully saturated rings. The first-order valence-corrected chi connectivity index (χ1v) is 5.30. The Kier molecular flexibility index (Phi) is 3.97. The van der Waals surface area contributed by atoms with Crippen LogP contribution in [0.3, 0.4) is 0 Å². The highest BCUT2D eigenvalue weighted by molar-refractivity contribution is 5.47. The molecule has 0 aliphatic heterocycles. The normalized spacial score (nSPS) is 13.9. The quantitative estimate of drug-likeness (QED) is 0.799. The molecule has 0 aliphatic rings. The number of ether oxygens (including phenoxy) is 2. The Morgan fingerprint density at radius 2 is 1.88 bits per heavy atom. The molecule has 1 atom stereocenters. The number of hydrogen-bond donors (Lipinski definition) is 0. The Bertz CT molecular complexity index is 438. The van der Waals surface area contributed by atoms with Crippen molar-refractivity contribution in [2.75, 3.05) is 28.3 Å². The van der Waals surface area contributed by atoms with Crippen molar-refractivity contribution >= 4 is 0 Å². The van der Waals surface area contributed by atoms with Gasteiger partial charge in [0.05, 0.1) is 20.3 Å². The zero-order valence-electron chi connectivity index (χ0n) is 10.9. The van der Waals surface area contributed by atoms with Crippen molar-refractivity contribution in [3.8, 4) is 17.6 Å². The average Bonchev–Trinajstić information content (AvgIpc) is 2.36. The molecule has 0 bridgehead atoms. The number of nitriles is 1. The van der Waals surface area contributed by atoms with E-state index in [9.17, 15) is 5.26 Å². The van der Waals surface area contributed by atoms with E-state index in [-0.39, 0.29) is 0 Å². The van der Waals surface area contributed by atoms with Gasteiger partial charge < -0.3 is 9.47 Å². The van der Waals surface area contributed by atoms with Gasteiger partial charge in [0.1, 0.15) is 17.0 Å². The summed E-state index contributed by atoms with van der Waals surface area (Å²) in [6.45, 7) is 1.85. The second kappa shape index (κ2) is 5.07. The number of nitrogens with zero attached hydrogens (tertiary/aromatic N) is 2. The molecular formula is C13H18N2O2. The van der Waals surface area contributed by atoms with Crippen LogP contribution < -0.4 is 9.47 Å². The van der Waals surface area contributed by atoms with Gasteiger partial charge in [-0.25, -0.2) is 0 Å². The Balaban J connectivity index is 3.41. The summed E-state index contributed by atoms with van der Waals surface area (Å²) in [5.41, 5.74) is 0.0479. The first-order valence-electron chi connectivity index (χ1n) is 5.30. The van der Waals surface area contributed by atoms with Crippen molar-refractivity contribution in [2.45, 2.75) is 12.5 Å². The van der Waals surface area contributed by atoms with Gasteiger partial charge in [-0.3, -0.25) is 4.90 Å². The van der Waals surface area contributed by atoms with Crippen molar-refractivity contribution in [1.29, 1.82) is 5.26 Å². The highest BCUT2D eigenvalue weighted by Crippen LogP contribution is 2.35. The molecule has 0 saturated carbocycles. The molecule has 0 radical (unpaired) electrons. The first kappa shape index (κ1) is 13.3. The lowest BCUT2D eigenvalue weighted by molar-refractivity contribution is 0.233. The topological polar surface area (TPSA) is 45.5 Å². The predicted molar refractivity (Wildman–Crippen MR) is 66.2 cm³/mol. The number of methoxy groups -OCH3 is 2. The largest absolute Gasteiger partial charge is 0.497 e. The van der Waals surface area contributed by atoms with E-state index in [1.54, 1.807) is 14.2 Å². The van der Waals surface area contributed by atoms with Crippen LogP contribution in [0.5, 0.6) is 11.5 Å². The molecule has 1 unspecified atom stereocenters. The zero-order chi connectivity index (χ0) is 13.1. The minimum Gasteiger partial charge on any atom is -0.497 e. The molecule has 0 heterocycles. The maximum absolute atomic E-state index is 9.40. The van der Waals surface area contributed by atoms with E-state index in [1.165, 1.54) is 0 Å². The Morgan fingerprint density at radius 3 is 2.29 bits per heavy atom. The van der Waals surface area contributed by atoms with E-state index < -0.39 is 5.54 Å². The summed E-state index contributed by atoms with van der Waals surface area (Å²) >= 11 is 0. The van der Waals surface area contributed by atoms with Crippen molar-refractivity contribution in [3.05, 3.63) is 23.8 Å². The average molecular weight is 234 g/mol. The number of rotatable bonds is 4. The summed E-state index contributed by atoms with van der Waals surface area (Å²) in [6.07, 6.45) is 0. The van der Waals surface area contributed by atoms with Gasteiger partial charge in [0.15, 0.2) is 0 Å². The van der Waals surface area contributed by atoms with Gasteiger partial charge in [-0.15, -0.1) is 0 Å². The molecule has 0 amide bonds. The van der Waals surface area contributed by atoms with Crippen LogP contribution in [-0.2, 0) is 5.54 Å². The third-order valence-electron chi connectivity index (χ3n) is 3.04. The van der Waals surface area contributed by atoms with Gasteiger partial charge in [-0.2, -0.15) is 5.26 Å². The maximum atomic E-state index is 9.40. The van der Waals surface area contributed by atoms with Crippen molar-refractivity contribution < 1.29 is 9.47 Å². The fourth-order valence-corrected chi connectivity index (χ4v) is 1.60. The van der Waals surface area contributed by atoms with E-state index in [1.807, 2.05) is 44.1 Å². The van der Waals surface area contributed by atoms with Gasteiger partial charge >= 0.3 is 0 Å². The van der Waals surface area contributed by atoms with Crippen LogP contribution in [-0.4, -0.2) is 33.2 Å². The van der Waals surface area contributed by atoms with Gasteiger partial charge in [0, 0.05) is 5.56 Å². The summed E-state index contributed by atoms with van der Waals surface area (Å²) in [7, 11) is 6.92. The molecular weight excluding hydrogens is 216 g/mol. The van der Waals surface area contributed by atoms with Crippen molar-refractivity contribution in [2.24, 2.45) is 0 Å². The van der Waals surface area contributed by atoms with E-state index in [4.69, 9.17) is 9.47 Å². The van der Waals surface area contributed by atoms with Gasteiger partial charge in [0.25, 0.3) is 0 Å². The van der Waals surface area contributed by atoms with Crippen LogP contribution in [0.1, 0.15) is 12.5 Å². The summed E-state index contributed by atoms with van der Waals surface area (Å²) in [6, 6.07) is 7.77. The van der Waals surface area contributed by atoms with Crippen molar-refractivity contribution in [3.63, 3.8) is 0 Å². The molecule has 1 aromatic carbocycles. The van der Waals surface area contributed by atoms with Gasteiger partial charge in [-0.1, -0.05) is 0 Å². The standard InChI is InChI=1S/C13H18N2O2/c1-13(9-14,15(2)3)11-8-10(16-4)6-7-12(11)17-5/h6-8H,1-5H3. The van der Waals surface area contributed by atoms with Crippen LogP contribution in [0.25, 0.3) is 0 Å². The minimum atomic E-state index is -0.750. The fourth-order valence-electron chi connectivity index (χ4n) is 1.60. The lowest BCUT2D eigenvalue weighted by Gasteiger charge is -2.31. The van der Waals surface area contributed by atoms with Crippen LogP contribution in [0.2, 0.25) is 0 Å². The number of benzene rings is 1. The van der Waals surface area contributed by atoms with E-state index >= 15 is 0 Å². The smallest absolute Gasteiger partial charge is 0.135 e. The van der Waals surface area contributed by atoms with Gasteiger partial charge in [0.2, 0.25) is 0 Å². The predicted octanol–water partition coefficient (Wildman–Crippen LogP) is 2.00. The van der Waals surface area contributed by atoms with Crippen molar-refractivity contribution in [1.82, 2.24) is 4.90 Å². The molecule has 17 heavy (non-hydrogen) atoms. The molecule has 0 N–H and O–H groups in total. The third-order valence-corrected chi connectivity index (χ3v) is 3.04. The second-order valence-electron chi connectivity index (χ2n) is 4.14. The monoisotopic (exact) mass is 234 g/mol. The van der Waals surface area contributed by atoms with Crippen LogP contribution in [0.15, 0.2) is 18.2 Å². The lowest BCUT2D eigenvalue weighted by atomic mass is 9.91. The van der Waals surface area contributed by atoms with Crippen LogP contribution in [0, 0.1) is 11.3 Å². The molecule has 1 rings (SSSR count). The molecule has 0 saturated heterocycles. The Hall–Kier alpha value is -1.73. The van der Waals surface area contributed by atoms with Crippen LogP contribution >= 0.6 is 0 Å². The van der Waals surface area contributed by atoms with Gasteiger partial charge in [-0.05, 0) is 39.2 Å². The maximum Gasteiger partial charge on any atom is 0.135 e. The molecule has 0 aromatic heterocycles. The highest BCUT2D eigenvalue weighted by Gasteiger charge is 2.32. The SMILES string of the molecule is COc1ccc(OC)c(C(C)(C#N)N(C)C)c1. The summed E-state index contributed by atoms with van der Waals surface area (Å²) in [4.78, 5) is 1.85. The van der Waals surface area contributed by atoms with E-state index in [0.717, 1.165) is 5.56 Å². The molecule has 4 nitrogen and oxygen atoms in total. The summed E-state index contributed by atoms with van der Waals surface area (Å²) < 4.78 is 10.5. The molecule has 0 spiro atoms. The highest BCUT2D eigenvalue weighted by atomic mass is 16.5. The lowest BCUT2D eigenvalue weighted by Crippen LogP contribution is -2.37. The Labute approximate surface area is 102 Å². The molecule has 0 aliphatic carbocycles. The second-order valence-corrected chi connectivity index (χ2v) is 4.14. The Morgan fingerprint density at radius 1 is 1.24 bits per heavy atom. The van der Waals surface area contributed by atoms with E-state index in [0.29, 0.717) is 11.5 Å². The summed E-state index contributed by atoms with van der Waals surface area (Å²) in [5.74, 6) is 1.40. The third kappa shape index (κ3) is 2.34. The van der Waals surface area contributed by atoms with E-state index in [2.05, 4.69) is 6.07 Å². The summed E-state index contributed by atoms with van der Waals surface area (Å²) in [5, 5.41) is 9.40. The molecule has 92 valence electrons. The molecule has 1 aromatic rings.